The number of carbonyl (C=O) groups is 1. The summed E-state index contributed by atoms with van der Waals surface area (Å²) >= 11 is 5.57. The first-order valence-corrected chi connectivity index (χ1v) is 9.71. The van der Waals surface area contributed by atoms with Crippen molar-refractivity contribution < 1.29 is 9.53 Å². The molecule has 0 saturated carbocycles. The van der Waals surface area contributed by atoms with Gasteiger partial charge in [0, 0.05) is 36.4 Å². The summed E-state index contributed by atoms with van der Waals surface area (Å²) in [5, 5.41) is 15.3. The van der Waals surface area contributed by atoms with Gasteiger partial charge in [-0.2, -0.15) is 5.26 Å². The first-order chi connectivity index (χ1) is 13.6. The van der Waals surface area contributed by atoms with E-state index in [1.807, 2.05) is 42.5 Å². The van der Waals surface area contributed by atoms with Crippen molar-refractivity contribution in [3.63, 3.8) is 0 Å². The zero-order chi connectivity index (χ0) is 20.1. The summed E-state index contributed by atoms with van der Waals surface area (Å²) in [5.41, 5.74) is 3.75. The third kappa shape index (κ3) is 3.85. The summed E-state index contributed by atoms with van der Waals surface area (Å²) in [6.07, 6.45) is 0. The van der Waals surface area contributed by atoms with E-state index in [1.54, 1.807) is 7.11 Å². The number of rotatable bonds is 6. The monoisotopic (exact) mass is 398 g/mol. The Bertz CT molecular complexity index is 879. The number of benzene rings is 2. The highest BCUT2D eigenvalue weighted by Crippen LogP contribution is 2.49. The summed E-state index contributed by atoms with van der Waals surface area (Å²) in [5.74, 6) is 0.866. The van der Waals surface area contributed by atoms with Crippen molar-refractivity contribution in [1.29, 1.82) is 5.26 Å². The van der Waals surface area contributed by atoms with Gasteiger partial charge in [-0.1, -0.05) is 18.2 Å². The van der Waals surface area contributed by atoms with Crippen molar-refractivity contribution in [3.8, 4) is 11.8 Å². The van der Waals surface area contributed by atoms with Gasteiger partial charge < -0.3 is 20.3 Å². The van der Waals surface area contributed by atoms with E-state index < -0.39 is 0 Å². The Morgan fingerprint density at radius 3 is 2.64 bits per heavy atom. The number of halogens is 1. The largest absolute Gasteiger partial charge is 0.497 e. The average Bonchev–Trinajstić information content (AvgIpc) is 3.05. The van der Waals surface area contributed by atoms with Crippen LogP contribution in [0.4, 0.5) is 16.2 Å². The lowest BCUT2D eigenvalue weighted by Crippen LogP contribution is -2.30. The minimum absolute atomic E-state index is 0.0868. The number of carbonyl (C=O) groups excluding carboxylic acids is 1. The van der Waals surface area contributed by atoms with Gasteiger partial charge in [-0.05, 0) is 36.2 Å². The van der Waals surface area contributed by atoms with Crippen molar-refractivity contribution in [3.05, 3.63) is 53.6 Å². The molecular weight excluding hydrogens is 376 g/mol. The molecule has 0 saturated heterocycles. The molecule has 28 heavy (non-hydrogen) atoms. The Kier molecular flexibility index (Phi) is 6.27. The smallest absolute Gasteiger partial charge is 0.319 e. The average molecular weight is 399 g/mol. The number of anilines is 2. The van der Waals surface area contributed by atoms with E-state index in [0.717, 1.165) is 29.1 Å². The molecule has 0 fully saturated rings. The lowest BCUT2D eigenvalue weighted by Gasteiger charge is -2.28. The number of nitriles is 1. The molecule has 1 aliphatic rings. The fourth-order valence-electron chi connectivity index (χ4n) is 3.64. The molecule has 7 heteroatoms. The van der Waals surface area contributed by atoms with Gasteiger partial charge >= 0.3 is 6.03 Å². The lowest BCUT2D eigenvalue weighted by molar-refractivity contribution is 0.252. The Labute approximate surface area is 170 Å². The number of alkyl halides is 1. The van der Waals surface area contributed by atoms with Gasteiger partial charge in [-0.25, -0.2) is 4.79 Å². The number of amides is 2. The maximum Gasteiger partial charge on any atom is 0.319 e. The molecule has 0 spiro atoms. The van der Waals surface area contributed by atoms with Gasteiger partial charge in [0.2, 0.25) is 0 Å². The number of hydrogen-bond acceptors (Lipinski definition) is 4. The number of ether oxygens (including phenoxy) is 1. The summed E-state index contributed by atoms with van der Waals surface area (Å²) in [4.78, 5) is 14.0. The Morgan fingerprint density at radius 1 is 1.29 bits per heavy atom. The molecule has 0 radical (unpaired) electrons. The van der Waals surface area contributed by atoms with Crippen molar-refractivity contribution >= 4 is 29.0 Å². The van der Waals surface area contributed by atoms with Gasteiger partial charge in [0.05, 0.1) is 25.1 Å². The molecule has 3 rings (SSSR count). The molecule has 6 nitrogen and oxygen atoms in total. The zero-order valence-electron chi connectivity index (χ0n) is 15.9. The second-order valence-corrected chi connectivity index (χ2v) is 6.83. The molecule has 2 aromatic carbocycles. The van der Waals surface area contributed by atoms with Crippen LogP contribution in [0.3, 0.4) is 0 Å². The van der Waals surface area contributed by atoms with Crippen LogP contribution < -0.4 is 20.3 Å². The van der Waals surface area contributed by atoms with Crippen molar-refractivity contribution in [2.75, 3.05) is 36.3 Å². The summed E-state index contributed by atoms with van der Waals surface area (Å²) in [7, 11) is 1.64. The summed E-state index contributed by atoms with van der Waals surface area (Å²) < 4.78 is 5.36. The van der Waals surface area contributed by atoms with Crippen molar-refractivity contribution in [2.45, 2.75) is 18.9 Å². The van der Waals surface area contributed by atoms with Gasteiger partial charge in [0.25, 0.3) is 0 Å². The van der Waals surface area contributed by atoms with Gasteiger partial charge in [-0.15, -0.1) is 11.6 Å². The quantitative estimate of drug-likeness (QED) is 0.713. The molecule has 0 bridgehead atoms. The molecule has 2 aromatic rings. The molecule has 1 aliphatic heterocycles. The third-order valence-corrected chi connectivity index (χ3v) is 5.09. The first kappa shape index (κ1) is 19.8. The lowest BCUT2D eigenvalue weighted by atomic mass is 9.91. The van der Waals surface area contributed by atoms with Crippen LogP contribution in [0.1, 0.15) is 30.0 Å². The highest BCUT2D eigenvalue weighted by molar-refractivity contribution is 6.18. The predicted molar refractivity (Wildman–Crippen MR) is 111 cm³/mol. The maximum absolute atomic E-state index is 11.8. The molecule has 2 atom stereocenters. The second-order valence-electron chi connectivity index (χ2n) is 6.45. The molecule has 1 heterocycles. The Hall–Kier alpha value is -2.91. The van der Waals surface area contributed by atoms with E-state index in [4.69, 9.17) is 16.3 Å². The number of likely N-dealkylation sites (N-methyl/N-ethyl adjacent to an activating group) is 1. The Morgan fingerprint density at radius 2 is 2.04 bits per heavy atom. The maximum atomic E-state index is 11.8. The highest BCUT2D eigenvalue weighted by atomic mass is 35.5. The number of fused-ring (bicyclic) bond motifs is 1. The molecule has 2 unspecified atom stereocenters. The van der Waals surface area contributed by atoms with Crippen molar-refractivity contribution in [1.82, 2.24) is 5.32 Å². The van der Waals surface area contributed by atoms with E-state index in [2.05, 4.69) is 28.5 Å². The van der Waals surface area contributed by atoms with E-state index in [9.17, 15) is 10.1 Å². The van der Waals surface area contributed by atoms with Gasteiger partial charge in [-0.3, -0.25) is 0 Å². The van der Waals surface area contributed by atoms with E-state index in [1.165, 1.54) is 0 Å². The van der Waals surface area contributed by atoms with Gasteiger partial charge in [0.15, 0.2) is 0 Å². The molecule has 0 aliphatic carbocycles. The van der Waals surface area contributed by atoms with E-state index in [-0.39, 0.29) is 18.0 Å². The van der Waals surface area contributed by atoms with Crippen LogP contribution in [0.5, 0.6) is 5.75 Å². The molecular formula is C21H23ClN4O2. The zero-order valence-corrected chi connectivity index (χ0v) is 16.7. The fraction of sp³-hybridized carbons (Fsp3) is 0.333. The standard InChI is InChI=1S/C21H23ClN4O2/c1-3-26-19-12-16(28-2)8-9-17(19)18(13-23)20(26)14-4-6-15(7-5-14)25-21(27)24-11-10-22/h4-9,12,18,20H,3,10-11H2,1-2H3,(H2,24,25,27). The minimum atomic E-state index is -0.293. The topological polar surface area (TPSA) is 77.4 Å². The predicted octanol–water partition coefficient (Wildman–Crippen LogP) is 4.24. The number of nitrogens with zero attached hydrogens (tertiary/aromatic N) is 2. The Balaban J connectivity index is 1.86. The van der Waals surface area contributed by atoms with Crippen molar-refractivity contribution in [2.24, 2.45) is 0 Å². The number of methoxy groups -OCH3 is 1. The van der Waals surface area contributed by atoms with Crippen LogP contribution in [-0.2, 0) is 0 Å². The number of nitrogens with one attached hydrogen (secondary N) is 2. The van der Waals surface area contributed by atoms with Crippen LogP contribution >= 0.6 is 11.6 Å². The highest BCUT2D eigenvalue weighted by Gasteiger charge is 2.39. The molecule has 2 amide bonds. The van der Waals surface area contributed by atoms with E-state index in [0.29, 0.717) is 18.1 Å². The summed E-state index contributed by atoms with van der Waals surface area (Å²) in [6.45, 7) is 3.25. The molecule has 146 valence electrons. The van der Waals surface area contributed by atoms with Gasteiger partial charge in [0.1, 0.15) is 5.75 Å². The minimum Gasteiger partial charge on any atom is -0.497 e. The van der Waals surface area contributed by atoms with Crippen LogP contribution in [-0.4, -0.2) is 32.1 Å². The van der Waals surface area contributed by atoms with Crippen LogP contribution in [0.15, 0.2) is 42.5 Å². The van der Waals surface area contributed by atoms with E-state index >= 15 is 0 Å². The second kappa shape index (κ2) is 8.85. The first-order valence-electron chi connectivity index (χ1n) is 9.17. The van der Waals surface area contributed by atoms with Crippen LogP contribution in [0.25, 0.3) is 0 Å². The molecule has 0 aromatic heterocycles. The SMILES string of the molecule is CCN1c2cc(OC)ccc2C(C#N)C1c1ccc(NC(=O)NCCCl)cc1. The normalized spacial score (nSPS) is 17.6. The number of urea groups is 1. The van der Waals surface area contributed by atoms with Crippen LogP contribution in [0, 0.1) is 11.3 Å². The third-order valence-electron chi connectivity index (χ3n) is 4.90. The summed E-state index contributed by atoms with van der Waals surface area (Å²) in [6, 6.07) is 15.6. The molecule has 2 N–H and O–H groups in total. The fourth-order valence-corrected chi connectivity index (χ4v) is 3.74. The van der Waals surface area contributed by atoms with Crippen LogP contribution in [0.2, 0.25) is 0 Å². The number of hydrogen-bond donors (Lipinski definition) is 2.